The number of hydrogen-bond acceptors (Lipinski definition) is 4. The number of nitrogens with one attached hydrogen (secondary N) is 1. The number of carbonyl (C=O) groups is 1. The van der Waals surface area contributed by atoms with Crippen molar-refractivity contribution in [1.29, 1.82) is 0 Å². The van der Waals surface area contributed by atoms with Gasteiger partial charge in [-0.15, -0.1) is 0 Å². The minimum absolute atomic E-state index is 0.141. The molecular weight excluding hydrogens is 324 g/mol. The van der Waals surface area contributed by atoms with E-state index < -0.39 is 0 Å². The molecule has 2 aromatic rings. The van der Waals surface area contributed by atoms with Gasteiger partial charge in [0.1, 0.15) is 17.8 Å². The van der Waals surface area contributed by atoms with Crippen molar-refractivity contribution in [3.8, 4) is 0 Å². The van der Waals surface area contributed by atoms with Crippen LogP contribution in [0.5, 0.6) is 0 Å². The second-order valence-electron chi connectivity index (χ2n) is 6.72. The van der Waals surface area contributed by atoms with Gasteiger partial charge < -0.3 is 10.2 Å². The predicted molar refractivity (Wildman–Crippen MR) is 104 cm³/mol. The van der Waals surface area contributed by atoms with E-state index >= 15 is 0 Å². The van der Waals surface area contributed by atoms with Gasteiger partial charge in [0.2, 0.25) is 0 Å². The molecule has 26 heavy (non-hydrogen) atoms. The molecule has 1 N–H and O–H groups in total. The molecule has 0 atom stereocenters. The number of nitrogens with zero attached hydrogens (tertiary/aromatic N) is 3. The fourth-order valence-electron chi connectivity index (χ4n) is 3.18. The van der Waals surface area contributed by atoms with Crippen molar-refractivity contribution in [2.45, 2.75) is 38.6 Å². The smallest absolute Gasteiger partial charge is 0.270 e. The second-order valence-corrected chi connectivity index (χ2v) is 6.72. The van der Waals surface area contributed by atoms with Crippen molar-refractivity contribution in [1.82, 2.24) is 15.3 Å². The van der Waals surface area contributed by atoms with Crippen molar-refractivity contribution < 1.29 is 4.79 Å². The summed E-state index contributed by atoms with van der Waals surface area (Å²) in [4.78, 5) is 22.8. The maximum Gasteiger partial charge on any atom is 0.270 e. The van der Waals surface area contributed by atoms with E-state index in [1.807, 2.05) is 30.1 Å². The van der Waals surface area contributed by atoms with Crippen LogP contribution in [0.1, 0.15) is 48.2 Å². The zero-order chi connectivity index (χ0) is 18.2. The van der Waals surface area contributed by atoms with E-state index in [2.05, 4.69) is 33.5 Å². The third-order valence-corrected chi connectivity index (χ3v) is 4.66. The Hall–Kier alpha value is -2.69. The first-order valence-corrected chi connectivity index (χ1v) is 9.25. The Balaban J connectivity index is 1.55. The lowest BCUT2D eigenvalue weighted by atomic mass is 9.97. The van der Waals surface area contributed by atoms with Crippen LogP contribution in [-0.4, -0.2) is 29.5 Å². The number of hydrogen-bond donors (Lipinski definition) is 1. The molecule has 1 heterocycles. The average molecular weight is 350 g/mol. The van der Waals surface area contributed by atoms with Crippen LogP contribution in [0.15, 0.2) is 54.4 Å². The number of aromatic nitrogens is 2. The topological polar surface area (TPSA) is 58.1 Å². The van der Waals surface area contributed by atoms with Crippen LogP contribution in [0, 0.1) is 0 Å². The molecule has 1 amide bonds. The molecule has 0 spiro atoms. The van der Waals surface area contributed by atoms with Crippen molar-refractivity contribution in [3.05, 3.63) is 65.6 Å². The van der Waals surface area contributed by atoms with E-state index in [1.54, 1.807) is 6.07 Å². The summed E-state index contributed by atoms with van der Waals surface area (Å²) in [6, 6.07) is 11.9. The fourth-order valence-corrected chi connectivity index (χ4v) is 3.18. The quantitative estimate of drug-likeness (QED) is 0.773. The van der Waals surface area contributed by atoms with Crippen LogP contribution in [0.3, 0.4) is 0 Å². The highest BCUT2D eigenvalue weighted by Crippen LogP contribution is 2.19. The SMILES string of the molecule is CN(Cc1ccccc1)c1cc(C(=O)NCCC2=CCCCC2)ncn1. The second kappa shape index (κ2) is 9.13. The van der Waals surface area contributed by atoms with E-state index in [1.165, 1.54) is 36.7 Å². The molecule has 136 valence electrons. The molecule has 1 aliphatic rings. The van der Waals surface area contributed by atoms with E-state index in [-0.39, 0.29) is 5.91 Å². The third-order valence-electron chi connectivity index (χ3n) is 4.66. The van der Waals surface area contributed by atoms with Crippen LogP contribution >= 0.6 is 0 Å². The van der Waals surface area contributed by atoms with Crippen LogP contribution in [-0.2, 0) is 6.54 Å². The Morgan fingerprint density at radius 2 is 2.04 bits per heavy atom. The number of benzene rings is 1. The lowest BCUT2D eigenvalue weighted by Gasteiger charge is -2.18. The molecule has 1 aromatic carbocycles. The highest BCUT2D eigenvalue weighted by Gasteiger charge is 2.11. The summed E-state index contributed by atoms with van der Waals surface area (Å²) in [6.45, 7) is 1.39. The summed E-state index contributed by atoms with van der Waals surface area (Å²) in [5, 5.41) is 2.97. The van der Waals surface area contributed by atoms with Gasteiger partial charge in [0.05, 0.1) is 0 Å². The Kier molecular flexibility index (Phi) is 6.36. The lowest BCUT2D eigenvalue weighted by molar-refractivity contribution is 0.0949. The summed E-state index contributed by atoms with van der Waals surface area (Å²) in [5.41, 5.74) is 3.07. The highest BCUT2D eigenvalue weighted by atomic mass is 16.1. The fraction of sp³-hybridized carbons (Fsp3) is 0.381. The molecule has 0 bridgehead atoms. The summed E-state index contributed by atoms with van der Waals surface area (Å²) in [7, 11) is 1.96. The molecule has 0 saturated carbocycles. The van der Waals surface area contributed by atoms with Gasteiger partial charge in [-0.25, -0.2) is 9.97 Å². The minimum atomic E-state index is -0.141. The zero-order valence-corrected chi connectivity index (χ0v) is 15.3. The first-order valence-electron chi connectivity index (χ1n) is 9.25. The predicted octanol–water partition coefficient (Wildman–Crippen LogP) is 3.73. The molecule has 5 heteroatoms. The summed E-state index contributed by atoms with van der Waals surface area (Å²) in [5.74, 6) is 0.599. The van der Waals surface area contributed by atoms with E-state index in [9.17, 15) is 4.79 Å². The first kappa shape index (κ1) is 18.1. The van der Waals surface area contributed by atoms with E-state index in [0.29, 0.717) is 12.2 Å². The molecule has 0 aliphatic heterocycles. The molecule has 0 radical (unpaired) electrons. The van der Waals surface area contributed by atoms with Crippen LogP contribution in [0.4, 0.5) is 5.82 Å². The molecule has 3 rings (SSSR count). The molecule has 1 aromatic heterocycles. The standard InChI is InChI=1S/C21H26N4O/c1-25(15-18-10-6-3-7-11-18)20-14-19(23-16-24-20)21(26)22-13-12-17-8-4-2-5-9-17/h3,6-8,10-11,14,16H,2,4-5,9,12-13,15H2,1H3,(H,22,26). The number of amides is 1. The number of carbonyl (C=O) groups excluding carboxylic acids is 1. The summed E-state index contributed by atoms with van der Waals surface area (Å²) >= 11 is 0. The van der Waals surface area contributed by atoms with Crippen molar-refractivity contribution in [2.75, 3.05) is 18.5 Å². The van der Waals surface area contributed by atoms with Crippen molar-refractivity contribution in [3.63, 3.8) is 0 Å². The maximum atomic E-state index is 12.4. The van der Waals surface area contributed by atoms with Crippen molar-refractivity contribution in [2.24, 2.45) is 0 Å². The Morgan fingerprint density at radius 3 is 2.81 bits per heavy atom. The van der Waals surface area contributed by atoms with Crippen LogP contribution < -0.4 is 10.2 Å². The lowest BCUT2D eigenvalue weighted by Crippen LogP contribution is -2.26. The van der Waals surface area contributed by atoms with Gasteiger partial charge in [-0.05, 0) is 37.7 Å². The van der Waals surface area contributed by atoms with E-state index in [4.69, 9.17) is 0 Å². The Labute approximate surface area is 155 Å². The molecule has 1 aliphatic carbocycles. The number of allylic oxidation sites excluding steroid dienone is 1. The van der Waals surface area contributed by atoms with Crippen molar-refractivity contribution >= 4 is 11.7 Å². The number of rotatable bonds is 7. The molecule has 0 fully saturated rings. The largest absolute Gasteiger partial charge is 0.355 e. The van der Waals surface area contributed by atoms with Crippen LogP contribution in [0.25, 0.3) is 0 Å². The Bertz CT molecular complexity index is 758. The maximum absolute atomic E-state index is 12.4. The average Bonchev–Trinajstić information content (AvgIpc) is 2.69. The van der Waals surface area contributed by atoms with Gasteiger partial charge in [0, 0.05) is 26.2 Å². The Morgan fingerprint density at radius 1 is 1.19 bits per heavy atom. The van der Waals surface area contributed by atoms with Gasteiger partial charge in [0.15, 0.2) is 0 Å². The monoisotopic (exact) mass is 350 g/mol. The van der Waals surface area contributed by atoms with Gasteiger partial charge >= 0.3 is 0 Å². The summed E-state index contributed by atoms with van der Waals surface area (Å²) < 4.78 is 0. The van der Waals surface area contributed by atoms with Gasteiger partial charge in [-0.1, -0.05) is 42.0 Å². The van der Waals surface area contributed by atoms with Crippen LogP contribution in [0.2, 0.25) is 0 Å². The minimum Gasteiger partial charge on any atom is -0.355 e. The zero-order valence-electron chi connectivity index (χ0n) is 15.3. The molecule has 0 saturated heterocycles. The third kappa shape index (κ3) is 5.15. The highest BCUT2D eigenvalue weighted by molar-refractivity contribution is 5.92. The van der Waals surface area contributed by atoms with Gasteiger partial charge in [-0.3, -0.25) is 4.79 Å². The van der Waals surface area contributed by atoms with E-state index in [0.717, 1.165) is 25.2 Å². The molecular formula is C21H26N4O. The molecule has 5 nitrogen and oxygen atoms in total. The normalized spacial score (nSPS) is 13.8. The summed E-state index contributed by atoms with van der Waals surface area (Å²) in [6.07, 6.45) is 9.59. The van der Waals surface area contributed by atoms with Gasteiger partial charge in [-0.2, -0.15) is 0 Å². The first-order chi connectivity index (χ1) is 12.7. The molecule has 0 unspecified atom stereocenters. The number of anilines is 1. The van der Waals surface area contributed by atoms with Gasteiger partial charge in [0.25, 0.3) is 5.91 Å².